The van der Waals surface area contributed by atoms with Crippen LogP contribution in [0.25, 0.3) is 0 Å². The van der Waals surface area contributed by atoms with Gasteiger partial charge in [0.25, 0.3) is 0 Å². The third kappa shape index (κ3) is 5.04. The van der Waals surface area contributed by atoms with Crippen LogP contribution in [0.2, 0.25) is 0 Å². The topological polar surface area (TPSA) is 87.0 Å². The van der Waals surface area contributed by atoms with Crippen molar-refractivity contribution in [2.45, 2.75) is 25.3 Å². The lowest BCUT2D eigenvalue weighted by Crippen LogP contribution is -2.22. The monoisotopic (exact) mass is 362 g/mol. The highest BCUT2D eigenvalue weighted by Crippen LogP contribution is 2.26. The van der Waals surface area contributed by atoms with Crippen molar-refractivity contribution in [2.75, 3.05) is 5.32 Å². The van der Waals surface area contributed by atoms with Gasteiger partial charge in [-0.25, -0.2) is 0 Å². The maximum absolute atomic E-state index is 13.0. The third-order valence-corrected chi connectivity index (χ3v) is 4.20. The summed E-state index contributed by atoms with van der Waals surface area (Å²) in [5, 5.41) is 17.6. The second kappa shape index (κ2) is 8.80. The number of nitrogens with one attached hydrogen (secondary N) is 1. The Labute approximate surface area is 157 Å². The van der Waals surface area contributed by atoms with E-state index in [0.717, 1.165) is 11.1 Å². The summed E-state index contributed by atoms with van der Waals surface area (Å²) in [6.45, 7) is 0.449. The number of carbonyl (C=O) groups excluding carboxylic acids is 2. The predicted molar refractivity (Wildman–Crippen MR) is 99.8 cm³/mol. The van der Waals surface area contributed by atoms with E-state index in [2.05, 4.69) is 10.4 Å². The van der Waals surface area contributed by atoms with Gasteiger partial charge in [0, 0.05) is 18.7 Å². The number of benzene rings is 2. The summed E-state index contributed by atoms with van der Waals surface area (Å²) in [5.74, 6) is -1.67. The summed E-state index contributed by atoms with van der Waals surface area (Å²) in [5.41, 5.74) is 2.38. The molecule has 138 valence electrons. The van der Waals surface area contributed by atoms with E-state index in [0.29, 0.717) is 18.7 Å². The van der Waals surface area contributed by atoms with Crippen molar-refractivity contribution < 1.29 is 14.7 Å². The highest BCUT2D eigenvalue weighted by atomic mass is 16.4. The molecule has 0 aliphatic rings. The van der Waals surface area contributed by atoms with Crippen molar-refractivity contribution in [3.05, 3.63) is 84.2 Å². The van der Waals surface area contributed by atoms with E-state index in [9.17, 15) is 14.7 Å². The fraction of sp³-hybridized carbons (Fsp3) is 0.190. The zero-order valence-corrected chi connectivity index (χ0v) is 14.7. The molecule has 3 aromatic rings. The van der Waals surface area contributed by atoms with Crippen LogP contribution in [0.3, 0.4) is 0 Å². The minimum atomic E-state index is -1.08. The van der Waals surface area contributed by atoms with Crippen LogP contribution in [0.5, 0.6) is 0 Å². The van der Waals surface area contributed by atoms with Crippen LogP contribution in [0.1, 0.15) is 29.9 Å². The number of aliphatic carboxylic acids is 1. The molecule has 0 spiro atoms. The standard InChI is InChI=1S/C21H21N3O3/c25-19(26)12-7-13-24-15-18(14-22-24)23-21(27)20(16-8-3-1-4-9-16)17-10-5-2-6-11-17/h1-6,8-11,14-15,20H,7,12-13H2,(H,23,27)(H,25,26)/p-1. The highest BCUT2D eigenvalue weighted by molar-refractivity contribution is 5.98. The normalized spacial score (nSPS) is 10.7. The molecule has 0 bridgehead atoms. The Kier molecular flexibility index (Phi) is 5.99. The number of aromatic nitrogens is 2. The van der Waals surface area contributed by atoms with Crippen molar-refractivity contribution in [3.63, 3.8) is 0 Å². The molecule has 0 aliphatic heterocycles. The minimum absolute atomic E-state index is 0.0222. The molecule has 1 heterocycles. The van der Waals surface area contributed by atoms with Gasteiger partial charge in [-0.2, -0.15) is 5.10 Å². The third-order valence-electron chi connectivity index (χ3n) is 4.20. The van der Waals surface area contributed by atoms with E-state index >= 15 is 0 Å². The molecule has 27 heavy (non-hydrogen) atoms. The maximum Gasteiger partial charge on any atom is 0.236 e. The molecule has 6 heteroatoms. The van der Waals surface area contributed by atoms with E-state index in [4.69, 9.17) is 0 Å². The Morgan fingerprint density at radius 1 is 1.00 bits per heavy atom. The Morgan fingerprint density at radius 2 is 1.59 bits per heavy atom. The Balaban J connectivity index is 1.74. The van der Waals surface area contributed by atoms with Gasteiger partial charge in [0.15, 0.2) is 0 Å². The van der Waals surface area contributed by atoms with E-state index < -0.39 is 11.9 Å². The van der Waals surface area contributed by atoms with E-state index in [1.165, 1.54) is 0 Å². The smallest absolute Gasteiger partial charge is 0.236 e. The van der Waals surface area contributed by atoms with Gasteiger partial charge in [0.05, 0.1) is 17.8 Å². The first-order valence-electron chi connectivity index (χ1n) is 8.76. The number of hydrogen-bond acceptors (Lipinski definition) is 4. The lowest BCUT2D eigenvalue weighted by atomic mass is 9.90. The van der Waals surface area contributed by atoms with Gasteiger partial charge >= 0.3 is 0 Å². The maximum atomic E-state index is 13.0. The summed E-state index contributed by atoms with van der Waals surface area (Å²) in [4.78, 5) is 23.5. The number of nitrogens with zero attached hydrogens (tertiary/aromatic N) is 2. The molecule has 1 amide bonds. The number of anilines is 1. The van der Waals surface area contributed by atoms with Gasteiger partial charge < -0.3 is 15.2 Å². The number of amides is 1. The zero-order valence-electron chi connectivity index (χ0n) is 14.7. The molecule has 0 radical (unpaired) electrons. The van der Waals surface area contributed by atoms with Gasteiger partial charge in [-0.05, 0) is 24.0 Å². The molecule has 1 aromatic heterocycles. The van der Waals surface area contributed by atoms with Gasteiger partial charge in [0.1, 0.15) is 0 Å². The van der Waals surface area contributed by atoms with Crippen LogP contribution in [0, 0.1) is 0 Å². The fourth-order valence-electron chi connectivity index (χ4n) is 2.94. The molecular weight excluding hydrogens is 342 g/mol. The van der Waals surface area contributed by atoms with Crippen molar-refractivity contribution in [3.8, 4) is 0 Å². The largest absolute Gasteiger partial charge is 0.550 e. The average Bonchev–Trinajstić information content (AvgIpc) is 3.10. The average molecular weight is 362 g/mol. The zero-order chi connectivity index (χ0) is 19.1. The fourth-order valence-corrected chi connectivity index (χ4v) is 2.94. The van der Waals surface area contributed by atoms with Crippen molar-refractivity contribution in [1.29, 1.82) is 0 Å². The Hall–Kier alpha value is -3.41. The number of hydrogen-bond donors (Lipinski definition) is 1. The van der Waals surface area contributed by atoms with Gasteiger partial charge in [0.2, 0.25) is 5.91 Å². The first-order chi connectivity index (χ1) is 13.1. The molecule has 0 saturated carbocycles. The molecule has 1 N–H and O–H groups in total. The molecule has 2 aromatic carbocycles. The van der Waals surface area contributed by atoms with Crippen LogP contribution in [0.15, 0.2) is 73.1 Å². The Morgan fingerprint density at radius 3 is 2.15 bits per heavy atom. The minimum Gasteiger partial charge on any atom is -0.550 e. The van der Waals surface area contributed by atoms with Crippen molar-refractivity contribution >= 4 is 17.6 Å². The van der Waals surface area contributed by atoms with Crippen LogP contribution < -0.4 is 10.4 Å². The van der Waals surface area contributed by atoms with E-state index in [-0.39, 0.29) is 12.3 Å². The molecule has 0 atom stereocenters. The number of aryl methyl sites for hydroxylation is 1. The second-order valence-electron chi connectivity index (χ2n) is 6.21. The SMILES string of the molecule is O=C([O-])CCCn1cc(NC(=O)C(c2ccccc2)c2ccccc2)cn1. The lowest BCUT2D eigenvalue weighted by Gasteiger charge is -2.17. The molecule has 3 rings (SSSR count). The quantitative estimate of drug-likeness (QED) is 0.665. The van der Waals surface area contributed by atoms with Crippen LogP contribution in [-0.2, 0) is 16.1 Å². The van der Waals surface area contributed by atoms with Crippen molar-refractivity contribution in [2.24, 2.45) is 0 Å². The first kappa shape index (κ1) is 18.4. The van der Waals surface area contributed by atoms with Crippen LogP contribution in [-0.4, -0.2) is 21.7 Å². The van der Waals surface area contributed by atoms with Gasteiger partial charge in [-0.3, -0.25) is 9.48 Å². The second-order valence-corrected chi connectivity index (χ2v) is 6.21. The lowest BCUT2D eigenvalue weighted by molar-refractivity contribution is -0.305. The van der Waals surface area contributed by atoms with E-state index in [1.807, 2.05) is 60.7 Å². The summed E-state index contributed by atoms with van der Waals surface area (Å²) in [7, 11) is 0. The number of carboxylic acids is 1. The molecular formula is C21H20N3O3-. The number of carboxylic acid groups (broad SMARTS) is 1. The molecule has 0 aliphatic carbocycles. The summed E-state index contributed by atoms with van der Waals surface area (Å²) in [6, 6.07) is 19.2. The summed E-state index contributed by atoms with van der Waals surface area (Å²) < 4.78 is 1.61. The van der Waals surface area contributed by atoms with Crippen molar-refractivity contribution in [1.82, 2.24) is 9.78 Å². The first-order valence-corrected chi connectivity index (χ1v) is 8.76. The van der Waals surface area contributed by atoms with Crippen LogP contribution in [0.4, 0.5) is 5.69 Å². The predicted octanol–water partition coefficient (Wildman–Crippen LogP) is 2.18. The van der Waals surface area contributed by atoms with E-state index in [1.54, 1.807) is 17.1 Å². The number of rotatable bonds is 8. The Bertz CT molecular complexity index is 852. The molecule has 0 saturated heterocycles. The molecule has 0 unspecified atom stereocenters. The van der Waals surface area contributed by atoms with Gasteiger partial charge in [-0.1, -0.05) is 60.7 Å². The van der Waals surface area contributed by atoms with Gasteiger partial charge in [-0.15, -0.1) is 0 Å². The summed E-state index contributed by atoms with van der Waals surface area (Å²) in [6.07, 6.45) is 3.66. The summed E-state index contributed by atoms with van der Waals surface area (Å²) >= 11 is 0. The highest BCUT2D eigenvalue weighted by Gasteiger charge is 2.22. The number of carbonyl (C=O) groups is 2. The molecule has 6 nitrogen and oxygen atoms in total. The molecule has 0 fully saturated rings. The van der Waals surface area contributed by atoms with Crippen LogP contribution >= 0.6 is 0 Å².